The lowest BCUT2D eigenvalue weighted by molar-refractivity contribution is 0.246. The van der Waals surface area contributed by atoms with Gasteiger partial charge in [0.15, 0.2) is 0 Å². The van der Waals surface area contributed by atoms with E-state index in [0.29, 0.717) is 25.0 Å². The number of nitrogens with one attached hydrogen (secondary N) is 1. The molecule has 5 heteroatoms. The molecule has 1 N–H and O–H groups in total. The van der Waals surface area contributed by atoms with Crippen molar-refractivity contribution in [3.05, 3.63) is 42.1 Å². The summed E-state index contributed by atoms with van der Waals surface area (Å²) in [6.45, 7) is 3.40. The van der Waals surface area contributed by atoms with E-state index in [4.69, 9.17) is 9.47 Å². The molecule has 1 aromatic heterocycles. The quantitative estimate of drug-likeness (QED) is 0.884. The van der Waals surface area contributed by atoms with Crippen LogP contribution in [-0.2, 0) is 6.42 Å². The molecule has 1 aromatic carbocycles. The molecule has 0 saturated carbocycles. The van der Waals surface area contributed by atoms with E-state index < -0.39 is 0 Å². The third kappa shape index (κ3) is 3.42. The highest BCUT2D eigenvalue weighted by molar-refractivity contribution is 5.38. The first-order chi connectivity index (χ1) is 10.3. The van der Waals surface area contributed by atoms with Crippen LogP contribution in [0.25, 0.3) is 0 Å². The second-order valence-corrected chi connectivity index (χ2v) is 5.00. The topological polar surface area (TPSA) is 56.3 Å². The van der Waals surface area contributed by atoms with Gasteiger partial charge in [-0.25, -0.2) is 4.98 Å². The number of nitrogens with zero attached hydrogens (tertiary/aromatic N) is 2. The van der Waals surface area contributed by atoms with Gasteiger partial charge in [0.1, 0.15) is 11.9 Å². The summed E-state index contributed by atoms with van der Waals surface area (Å²) in [6.07, 6.45) is 3.69. The van der Waals surface area contributed by atoms with Gasteiger partial charge in [-0.15, -0.1) is 0 Å². The number of aromatic nitrogens is 2. The summed E-state index contributed by atoms with van der Waals surface area (Å²) >= 11 is 0. The number of hydrogen-bond donors (Lipinski definition) is 1. The molecule has 1 unspecified atom stereocenters. The molecule has 0 bridgehead atoms. The maximum absolute atomic E-state index is 5.87. The average molecular weight is 285 g/mol. The maximum atomic E-state index is 5.87. The Morgan fingerprint density at radius 3 is 3.10 bits per heavy atom. The van der Waals surface area contributed by atoms with Crippen LogP contribution in [0.4, 0.5) is 5.95 Å². The highest BCUT2D eigenvalue weighted by Gasteiger charge is 2.22. The second kappa shape index (κ2) is 6.43. The third-order valence-corrected chi connectivity index (χ3v) is 3.29. The number of anilines is 1. The molecule has 0 aliphatic carbocycles. The average Bonchev–Trinajstić information content (AvgIpc) is 2.94. The van der Waals surface area contributed by atoms with E-state index >= 15 is 0 Å². The molecule has 0 spiro atoms. The number of para-hydroxylation sites is 1. The van der Waals surface area contributed by atoms with E-state index in [-0.39, 0.29) is 6.10 Å². The summed E-state index contributed by atoms with van der Waals surface area (Å²) < 4.78 is 11.4. The SMILES string of the molecule is CCCOc1ccnc(NCC2Cc3ccccc3O2)n1. The predicted octanol–water partition coefficient (Wildman–Crippen LogP) is 2.68. The van der Waals surface area contributed by atoms with E-state index in [1.165, 1.54) is 5.56 Å². The summed E-state index contributed by atoms with van der Waals surface area (Å²) in [5.41, 5.74) is 1.25. The van der Waals surface area contributed by atoms with E-state index in [9.17, 15) is 0 Å². The second-order valence-electron chi connectivity index (χ2n) is 5.00. The molecule has 0 fully saturated rings. The largest absolute Gasteiger partial charge is 0.488 e. The van der Waals surface area contributed by atoms with Crippen LogP contribution in [0, 0.1) is 0 Å². The van der Waals surface area contributed by atoms with Gasteiger partial charge in [0.05, 0.1) is 13.2 Å². The molecule has 0 amide bonds. The van der Waals surface area contributed by atoms with Crippen molar-refractivity contribution in [2.24, 2.45) is 0 Å². The van der Waals surface area contributed by atoms with Crippen molar-refractivity contribution in [2.45, 2.75) is 25.9 Å². The van der Waals surface area contributed by atoms with Crippen LogP contribution in [0.3, 0.4) is 0 Å². The zero-order valence-corrected chi connectivity index (χ0v) is 12.1. The van der Waals surface area contributed by atoms with Gasteiger partial charge in [-0.05, 0) is 18.1 Å². The minimum atomic E-state index is 0.117. The zero-order chi connectivity index (χ0) is 14.5. The molecule has 110 valence electrons. The Morgan fingerprint density at radius 1 is 1.33 bits per heavy atom. The van der Waals surface area contributed by atoms with Crippen molar-refractivity contribution < 1.29 is 9.47 Å². The fourth-order valence-corrected chi connectivity index (χ4v) is 2.29. The van der Waals surface area contributed by atoms with Crippen molar-refractivity contribution in [2.75, 3.05) is 18.5 Å². The molecule has 3 rings (SSSR count). The van der Waals surface area contributed by atoms with Crippen molar-refractivity contribution >= 4 is 5.95 Å². The van der Waals surface area contributed by atoms with E-state index in [1.807, 2.05) is 18.2 Å². The van der Waals surface area contributed by atoms with Crippen LogP contribution >= 0.6 is 0 Å². The molecule has 5 nitrogen and oxygen atoms in total. The predicted molar refractivity (Wildman–Crippen MR) is 80.9 cm³/mol. The van der Waals surface area contributed by atoms with Crippen molar-refractivity contribution in [3.8, 4) is 11.6 Å². The van der Waals surface area contributed by atoms with Crippen LogP contribution in [0.15, 0.2) is 36.5 Å². The van der Waals surface area contributed by atoms with Crippen LogP contribution in [0.1, 0.15) is 18.9 Å². The van der Waals surface area contributed by atoms with Crippen molar-refractivity contribution in [3.63, 3.8) is 0 Å². The molecule has 2 heterocycles. The lowest BCUT2D eigenvalue weighted by Gasteiger charge is -2.12. The van der Waals surface area contributed by atoms with Gasteiger partial charge in [-0.1, -0.05) is 25.1 Å². The van der Waals surface area contributed by atoms with Gasteiger partial charge in [-0.3, -0.25) is 0 Å². The van der Waals surface area contributed by atoms with E-state index in [2.05, 4.69) is 28.3 Å². The monoisotopic (exact) mass is 285 g/mol. The summed E-state index contributed by atoms with van der Waals surface area (Å²) in [6, 6.07) is 9.90. The van der Waals surface area contributed by atoms with Gasteiger partial charge in [0, 0.05) is 18.7 Å². The Bertz CT molecular complexity index is 579. The van der Waals surface area contributed by atoms with Crippen molar-refractivity contribution in [1.82, 2.24) is 9.97 Å². The molecular formula is C16H19N3O2. The summed E-state index contributed by atoms with van der Waals surface area (Å²) in [4.78, 5) is 8.52. The highest BCUT2D eigenvalue weighted by Crippen LogP contribution is 2.28. The molecule has 21 heavy (non-hydrogen) atoms. The van der Waals surface area contributed by atoms with Gasteiger partial charge >= 0.3 is 0 Å². The zero-order valence-electron chi connectivity index (χ0n) is 12.1. The fourth-order valence-electron chi connectivity index (χ4n) is 2.29. The lowest BCUT2D eigenvalue weighted by Crippen LogP contribution is -2.24. The minimum Gasteiger partial charge on any atom is -0.488 e. The molecule has 0 radical (unpaired) electrons. The Morgan fingerprint density at radius 2 is 2.24 bits per heavy atom. The first-order valence-electron chi connectivity index (χ1n) is 7.29. The van der Waals surface area contributed by atoms with Crippen LogP contribution < -0.4 is 14.8 Å². The number of benzene rings is 1. The van der Waals surface area contributed by atoms with Crippen molar-refractivity contribution in [1.29, 1.82) is 0 Å². The number of fused-ring (bicyclic) bond motifs is 1. The van der Waals surface area contributed by atoms with Gasteiger partial charge in [-0.2, -0.15) is 4.98 Å². The number of ether oxygens (including phenoxy) is 2. The third-order valence-electron chi connectivity index (χ3n) is 3.29. The van der Waals surface area contributed by atoms with Crippen LogP contribution in [0.5, 0.6) is 11.6 Å². The van der Waals surface area contributed by atoms with Gasteiger partial charge in [0.25, 0.3) is 0 Å². The lowest BCUT2D eigenvalue weighted by atomic mass is 10.1. The summed E-state index contributed by atoms with van der Waals surface area (Å²) in [5, 5.41) is 3.21. The standard InChI is InChI=1S/C16H19N3O2/c1-2-9-20-15-7-8-17-16(19-15)18-11-13-10-12-5-3-4-6-14(12)21-13/h3-8,13H,2,9-11H2,1H3,(H,17,18,19). The first kappa shape index (κ1) is 13.7. The molecule has 1 aliphatic heterocycles. The molecular weight excluding hydrogens is 266 g/mol. The minimum absolute atomic E-state index is 0.117. The van der Waals surface area contributed by atoms with E-state index in [1.54, 1.807) is 12.3 Å². The van der Waals surface area contributed by atoms with Crippen LogP contribution in [-0.4, -0.2) is 29.2 Å². The Balaban J connectivity index is 1.54. The molecule has 2 aromatic rings. The summed E-state index contributed by atoms with van der Waals surface area (Å²) in [5.74, 6) is 2.15. The fraction of sp³-hybridized carbons (Fsp3) is 0.375. The first-order valence-corrected chi connectivity index (χ1v) is 7.29. The molecule has 1 aliphatic rings. The number of hydrogen-bond acceptors (Lipinski definition) is 5. The smallest absolute Gasteiger partial charge is 0.226 e. The Labute approximate surface area is 124 Å². The van der Waals surface area contributed by atoms with E-state index in [0.717, 1.165) is 18.6 Å². The highest BCUT2D eigenvalue weighted by atomic mass is 16.5. The summed E-state index contributed by atoms with van der Waals surface area (Å²) in [7, 11) is 0. The van der Waals surface area contributed by atoms with Gasteiger partial charge in [0.2, 0.25) is 11.8 Å². The van der Waals surface area contributed by atoms with Crippen LogP contribution in [0.2, 0.25) is 0 Å². The normalized spacial score (nSPS) is 16.1. The molecule has 1 atom stereocenters. The van der Waals surface area contributed by atoms with Gasteiger partial charge < -0.3 is 14.8 Å². The number of rotatable bonds is 6. The maximum Gasteiger partial charge on any atom is 0.226 e. The Hall–Kier alpha value is -2.30. The molecule has 0 saturated heterocycles. The Kier molecular flexibility index (Phi) is 4.19.